The first kappa shape index (κ1) is 12.7. The van der Waals surface area contributed by atoms with Crippen molar-refractivity contribution in [3.63, 3.8) is 0 Å². The largest absolute Gasteiger partial charge is 0.366 e. The van der Waals surface area contributed by atoms with Crippen LogP contribution in [0.4, 0.5) is 0 Å². The van der Waals surface area contributed by atoms with Crippen LogP contribution in [-0.2, 0) is 9.53 Å². The summed E-state index contributed by atoms with van der Waals surface area (Å²) in [6, 6.07) is 0.183. The molecule has 1 amide bonds. The molecule has 1 saturated heterocycles. The first-order valence-corrected chi connectivity index (χ1v) is 4.33. The zero-order chi connectivity index (χ0) is 8.97. The summed E-state index contributed by atoms with van der Waals surface area (Å²) < 4.78 is 5.27. The van der Waals surface area contributed by atoms with Gasteiger partial charge in [0.15, 0.2) is 0 Å². The Bertz CT molecular complexity index is 158. The molecule has 0 radical (unpaired) electrons. The Labute approximate surface area is 84.8 Å². The average Bonchev–Trinajstić information content (AvgIpc) is 2.05. The number of carbonyl (C=O) groups excluding carboxylic acids is 1. The first-order chi connectivity index (χ1) is 5.70. The Morgan fingerprint density at radius 1 is 1.62 bits per heavy atom. The van der Waals surface area contributed by atoms with Crippen molar-refractivity contribution in [3.05, 3.63) is 0 Å². The summed E-state index contributed by atoms with van der Waals surface area (Å²) in [7, 11) is 0. The van der Waals surface area contributed by atoms with Crippen LogP contribution in [0.25, 0.3) is 0 Å². The fourth-order valence-electron chi connectivity index (χ4n) is 1.11. The molecule has 1 atom stereocenters. The lowest BCUT2D eigenvalue weighted by Crippen LogP contribution is -2.49. The summed E-state index contributed by atoms with van der Waals surface area (Å²) in [4.78, 5) is 11.3. The molecule has 1 heterocycles. The standard InChI is InChI=1S/C8H16N2O2.ClH/c1-6(2)10-8(11)7-5-9-3-4-12-7;/h6-7,9H,3-5H2,1-2H3,(H,10,11);1H/t7-;/m0./s1. The monoisotopic (exact) mass is 208 g/mol. The molecule has 1 rings (SSSR count). The zero-order valence-corrected chi connectivity index (χ0v) is 8.82. The van der Waals surface area contributed by atoms with Gasteiger partial charge in [0.2, 0.25) is 0 Å². The predicted octanol–water partition coefficient (Wildman–Crippen LogP) is -0.0788. The normalized spacial score (nSPS) is 22.2. The van der Waals surface area contributed by atoms with E-state index in [2.05, 4.69) is 10.6 Å². The summed E-state index contributed by atoms with van der Waals surface area (Å²) >= 11 is 0. The molecule has 78 valence electrons. The molecule has 0 aromatic rings. The maximum absolute atomic E-state index is 11.3. The second-order valence-electron chi connectivity index (χ2n) is 3.23. The highest BCUT2D eigenvalue weighted by Gasteiger charge is 2.21. The minimum Gasteiger partial charge on any atom is -0.366 e. The van der Waals surface area contributed by atoms with Crippen LogP contribution in [0.2, 0.25) is 0 Å². The van der Waals surface area contributed by atoms with Gasteiger partial charge in [0.25, 0.3) is 5.91 Å². The van der Waals surface area contributed by atoms with Gasteiger partial charge < -0.3 is 15.4 Å². The minimum atomic E-state index is -0.304. The molecule has 0 saturated carbocycles. The molecule has 13 heavy (non-hydrogen) atoms. The molecule has 1 aliphatic rings. The second-order valence-corrected chi connectivity index (χ2v) is 3.23. The van der Waals surface area contributed by atoms with E-state index in [-0.39, 0.29) is 30.5 Å². The fourth-order valence-corrected chi connectivity index (χ4v) is 1.11. The van der Waals surface area contributed by atoms with Gasteiger partial charge in [-0.05, 0) is 13.8 Å². The summed E-state index contributed by atoms with van der Waals surface area (Å²) in [5, 5.41) is 5.91. The molecule has 5 heteroatoms. The average molecular weight is 209 g/mol. The lowest BCUT2D eigenvalue weighted by molar-refractivity contribution is -0.134. The molecule has 1 fully saturated rings. The molecule has 0 bridgehead atoms. The molecule has 0 aliphatic carbocycles. The van der Waals surface area contributed by atoms with E-state index in [0.717, 1.165) is 6.54 Å². The fraction of sp³-hybridized carbons (Fsp3) is 0.875. The van der Waals surface area contributed by atoms with Crippen LogP contribution < -0.4 is 10.6 Å². The van der Waals surface area contributed by atoms with Crippen LogP contribution in [0.15, 0.2) is 0 Å². The first-order valence-electron chi connectivity index (χ1n) is 4.33. The lowest BCUT2D eigenvalue weighted by Gasteiger charge is -2.23. The van der Waals surface area contributed by atoms with E-state index in [1.165, 1.54) is 0 Å². The van der Waals surface area contributed by atoms with Crippen molar-refractivity contribution in [1.29, 1.82) is 0 Å². The number of carbonyl (C=O) groups is 1. The summed E-state index contributed by atoms with van der Waals surface area (Å²) in [6.45, 7) is 5.96. The van der Waals surface area contributed by atoms with Crippen molar-refractivity contribution in [3.8, 4) is 0 Å². The number of halogens is 1. The Hall–Kier alpha value is -0.320. The van der Waals surface area contributed by atoms with Gasteiger partial charge in [-0.3, -0.25) is 4.79 Å². The summed E-state index contributed by atoms with van der Waals surface area (Å²) in [5.41, 5.74) is 0. The molecule has 1 aliphatic heterocycles. The minimum absolute atomic E-state index is 0. The van der Waals surface area contributed by atoms with Gasteiger partial charge in [-0.15, -0.1) is 12.4 Å². The number of hydrogen-bond acceptors (Lipinski definition) is 3. The Morgan fingerprint density at radius 2 is 2.31 bits per heavy atom. The van der Waals surface area contributed by atoms with E-state index in [1.807, 2.05) is 13.8 Å². The quantitative estimate of drug-likeness (QED) is 0.668. The van der Waals surface area contributed by atoms with Gasteiger partial charge in [-0.1, -0.05) is 0 Å². The Morgan fingerprint density at radius 3 is 2.77 bits per heavy atom. The predicted molar refractivity (Wildman–Crippen MR) is 53.1 cm³/mol. The Balaban J connectivity index is 0.00000144. The number of hydrogen-bond donors (Lipinski definition) is 2. The van der Waals surface area contributed by atoms with Crippen molar-refractivity contribution in [2.45, 2.75) is 26.0 Å². The molecule has 2 N–H and O–H groups in total. The van der Waals surface area contributed by atoms with Crippen molar-refractivity contribution in [2.24, 2.45) is 0 Å². The third-order valence-corrected chi connectivity index (χ3v) is 1.65. The van der Waals surface area contributed by atoms with Crippen molar-refractivity contribution in [1.82, 2.24) is 10.6 Å². The SMILES string of the molecule is CC(C)NC(=O)[C@@H]1CNCCO1.Cl. The van der Waals surface area contributed by atoms with E-state index in [0.29, 0.717) is 13.2 Å². The van der Waals surface area contributed by atoms with Crippen LogP contribution in [0.5, 0.6) is 0 Å². The van der Waals surface area contributed by atoms with Crippen molar-refractivity contribution < 1.29 is 9.53 Å². The number of nitrogens with one attached hydrogen (secondary N) is 2. The van der Waals surface area contributed by atoms with Crippen LogP contribution in [-0.4, -0.2) is 37.7 Å². The summed E-state index contributed by atoms with van der Waals surface area (Å²) in [6.07, 6.45) is -0.304. The highest BCUT2D eigenvalue weighted by Crippen LogP contribution is 1.96. The van der Waals surface area contributed by atoms with Crippen molar-refractivity contribution >= 4 is 18.3 Å². The van der Waals surface area contributed by atoms with Gasteiger partial charge in [0.1, 0.15) is 6.10 Å². The molecular formula is C8H17ClN2O2. The highest BCUT2D eigenvalue weighted by atomic mass is 35.5. The number of morpholine rings is 1. The second kappa shape index (κ2) is 6.18. The molecule has 0 aromatic carbocycles. The van der Waals surface area contributed by atoms with Crippen LogP contribution in [0, 0.1) is 0 Å². The molecular weight excluding hydrogens is 192 g/mol. The van der Waals surface area contributed by atoms with Crippen molar-refractivity contribution in [2.75, 3.05) is 19.7 Å². The van der Waals surface area contributed by atoms with Gasteiger partial charge in [0.05, 0.1) is 6.61 Å². The third-order valence-electron chi connectivity index (χ3n) is 1.65. The topological polar surface area (TPSA) is 50.4 Å². The van der Waals surface area contributed by atoms with E-state index < -0.39 is 0 Å². The van der Waals surface area contributed by atoms with Gasteiger partial charge in [0, 0.05) is 19.1 Å². The number of amides is 1. The smallest absolute Gasteiger partial charge is 0.250 e. The van der Waals surface area contributed by atoms with Gasteiger partial charge in [-0.2, -0.15) is 0 Å². The number of ether oxygens (including phenoxy) is 1. The van der Waals surface area contributed by atoms with Crippen LogP contribution >= 0.6 is 12.4 Å². The zero-order valence-electron chi connectivity index (χ0n) is 8.00. The van der Waals surface area contributed by atoms with Crippen LogP contribution in [0.3, 0.4) is 0 Å². The highest BCUT2D eigenvalue weighted by molar-refractivity contribution is 5.85. The summed E-state index contributed by atoms with van der Waals surface area (Å²) in [5.74, 6) is -0.0165. The Kier molecular flexibility index (Phi) is 6.03. The maximum atomic E-state index is 11.3. The maximum Gasteiger partial charge on any atom is 0.250 e. The van der Waals surface area contributed by atoms with Gasteiger partial charge in [-0.25, -0.2) is 0 Å². The molecule has 0 spiro atoms. The van der Waals surface area contributed by atoms with Gasteiger partial charge >= 0.3 is 0 Å². The molecule has 0 unspecified atom stereocenters. The van der Waals surface area contributed by atoms with Crippen LogP contribution in [0.1, 0.15) is 13.8 Å². The molecule has 4 nitrogen and oxygen atoms in total. The van der Waals surface area contributed by atoms with E-state index in [9.17, 15) is 4.79 Å². The number of rotatable bonds is 2. The molecule has 0 aromatic heterocycles. The van der Waals surface area contributed by atoms with E-state index in [4.69, 9.17) is 4.74 Å². The third kappa shape index (κ3) is 4.45. The lowest BCUT2D eigenvalue weighted by atomic mass is 10.2. The van der Waals surface area contributed by atoms with E-state index >= 15 is 0 Å². The van der Waals surface area contributed by atoms with E-state index in [1.54, 1.807) is 0 Å².